The van der Waals surface area contributed by atoms with Gasteiger partial charge in [-0.05, 0) is 25.7 Å². The van der Waals surface area contributed by atoms with Crippen LogP contribution in [0.15, 0.2) is 6.33 Å². The van der Waals surface area contributed by atoms with E-state index in [4.69, 9.17) is 5.73 Å². The maximum atomic E-state index is 5.76. The van der Waals surface area contributed by atoms with Gasteiger partial charge in [0.1, 0.15) is 5.52 Å². The van der Waals surface area contributed by atoms with Gasteiger partial charge in [0.25, 0.3) is 0 Å². The average Bonchev–Trinajstić information content (AvgIpc) is 2.76. The Labute approximate surface area is 106 Å². The standard InChI is InChI=1S/C12H18N6/c1-7-3-4-18(8(2)5-7)11-9-10(15-6-14-9)16-12(13)17-11/h6-8H,3-5H2,1-2H3,(H3,13,14,15,16,17). The van der Waals surface area contributed by atoms with E-state index < -0.39 is 0 Å². The molecule has 1 aliphatic rings. The quantitative estimate of drug-likeness (QED) is 0.797. The van der Waals surface area contributed by atoms with Crippen LogP contribution in [0, 0.1) is 5.92 Å². The molecule has 3 rings (SSSR count). The SMILES string of the molecule is CC1CCN(c2nc(N)nc3nc[nH]c23)C(C)C1. The second-order valence-electron chi connectivity index (χ2n) is 5.18. The van der Waals surface area contributed by atoms with Crippen LogP contribution in [0.4, 0.5) is 11.8 Å². The summed E-state index contributed by atoms with van der Waals surface area (Å²) in [6.45, 7) is 5.54. The number of imidazole rings is 1. The molecule has 1 aliphatic heterocycles. The Morgan fingerprint density at radius 3 is 3.00 bits per heavy atom. The molecular formula is C12H18N6. The maximum Gasteiger partial charge on any atom is 0.224 e. The van der Waals surface area contributed by atoms with Crippen molar-refractivity contribution in [3.8, 4) is 0 Å². The highest BCUT2D eigenvalue weighted by Gasteiger charge is 2.26. The lowest BCUT2D eigenvalue weighted by atomic mass is 9.93. The predicted molar refractivity (Wildman–Crippen MR) is 71.3 cm³/mol. The van der Waals surface area contributed by atoms with Crippen LogP contribution in [-0.4, -0.2) is 32.5 Å². The molecule has 3 heterocycles. The zero-order chi connectivity index (χ0) is 12.7. The van der Waals surface area contributed by atoms with Crippen molar-refractivity contribution in [2.75, 3.05) is 17.2 Å². The molecule has 6 nitrogen and oxygen atoms in total. The Hall–Kier alpha value is -1.85. The molecule has 0 bridgehead atoms. The van der Waals surface area contributed by atoms with Crippen LogP contribution < -0.4 is 10.6 Å². The van der Waals surface area contributed by atoms with Crippen molar-refractivity contribution in [1.82, 2.24) is 19.9 Å². The Balaban J connectivity index is 2.05. The third kappa shape index (κ3) is 1.77. The molecule has 0 aromatic carbocycles. The van der Waals surface area contributed by atoms with Crippen LogP contribution in [0.2, 0.25) is 0 Å². The highest BCUT2D eigenvalue weighted by molar-refractivity contribution is 5.84. The summed E-state index contributed by atoms with van der Waals surface area (Å²) < 4.78 is 0. The van der Waals surface area contributed by atoms with Gasteiger partial charge in [0.15, 0.2) is 11.5 Å². The van der Waals surface area contributed by atoms with Gasteiger partial charge in [-0.3, -0.25) is 0 Å². The predicted octanol–water partition coefficient (Wildman–Crippen LogP) is 1.56. The summed E-state index contributed by atoms with van der Waals surface area (Å²) in [7, 11) is 0. The number of rotatable bonds is 1. The molecule has 0 spiro atoms. The van der Waals surface area contributed by atoms with Gasteiger partial charge in [-0.2, -0.15) is 9.97 Å². The Kier molecular flexibility index (Phi) is 2.57. The third-order valence-electron chi connectivity index (χ3n) is 3.69. The highest BCUT2D eigenvalue weighted by atomic mass is 15.3. The molecule has 2 aromatic rings. The summed E-state index contributed by atoms with van der Waals surface area (Å²) in [5.41, 5.74) is 7.28. The van der Waals surface area contributed by atoms with Gasteiger partial charge in [-0.15, -0.1) is 0 Å². The molecule has 0 saturated carbocycles. The summed E-state index contributed by atoms with van der Waals surface area (Å²) in [6, 6.07) is 0.467. The molecule has 1 saturated heterocycles. The van der Waals surface area contributed by atoms with Gasteiger partial charge in [0.05, 0.1) is 6.33 Å². The number of fused-ring (bicyclic) bond motifs is 1. The van der Waals surface area contributed by atoms with E-state index in [9.17, 15) is 0 Å². The van der Waals surface area contributed by atoms with Crippen molar-refractivity contribution in [3.05, 3.63) is 6.33 Å². The molecule has 1 fully saturated rings. The molecular weight excluding hydrogens is 228 g/mol. The maximum absolute atomic E-state index is 5.76. The smallest absolute Gasteiger partial charge is 0.224 e. The Morgan fingerprint density at radius 2 is 2.22 bits per heavy atom. The Morgan fingerprint density at radius 1 is 1.39 bits per heavy atom. The second-order valence-corrected chi connectivity index (χ2v) is 5.18. The summed E-state index contributed by atoms with van der Waals surface area (Å²) in [4.78, 5) is 18.1. The largest absolute Gasteiger partial charge is 0.368 e. The number of nitrogen functional groups attached to an aromatic ring is 1. The fraction of sp³-hybridized carbons (Fsp3) is 0.583. The monoisotopic (exact) mass is 246 g/mol. The van der Waals surface area contributed by atoms with Crippen LogP contribution in [0.3, 0.4) is 0 Å². The topological polar surface area (TPSA) is 83.7 Å². The summed E-state index contributed by atoms with van der Waals surface area (Å²) in [5.74, 6) is 1.94. The van der Waals surface area contributed by atoms with Gasteiger partial charge in [-0.1, -0.05) is 6.92 Å². The van der Waals surface area contributed by atoms with Crippen LogP contribution in [-0.2, 0) is 0 Å². The zero-order valence-electron chi connectivity index (χ0n) is 10.7. The summed E-state index contributed by atoms with van der Waals surface area (Å²) in [5, 5.41) is 0. The first kappa shape index (κ1) is 11.3. The van der Waals surface area contributed by atoms with E-state index >= 15 is 0 Å². The van der Waals surface area contributed by atoms with Gasteiger partial charge in [-0.25, -0.2) is 4.98 Å². The van der Waals surface area contributed by atoms with Crippen molar-refractivity contribution >= 4 is 22.9 Å². The molecule has 3 N–H and O–H groups in total. The normalized spacial score (nSPS) is 24.7. The first-order valence-corrected chi connectivity index (χ1v) is 6.38. The molecule has 18 heavy (non-hydrogen) atoms. The number of nitrogens with zero attached hydrogens (tertiary/aromatic N) is 4. The third-order valence-corrected chi connectivity index (χ3v) is 3.69. The minimum Gasteiger partial charge on any atom is -0.368 e. The first-order chi connectivity index (χ1) is 8.65. The van der Waals surface area contributed by atoms with E-state index in [2.05, 4.69) is 38.7 Å². The molecule has 96 valence electrons. The number of hydrogen-bond acceptors (Lipinski definition) is 5. The second kappa shape index (κ2) is 4.12. The number of anilines is 2. The van der Waals surface area contributed by atoms with Crippen molar-refractivity contribution in [2.24, 2.45) is 5.92 Å². The number of piperidine rings is 1. The van der Waals surface area contributed by atoms with Crippen LogP contribution in [0.5, 0.6) is 0 Å². The highest BCUT2D eigenvalue weighted by Crippen LogP contribution is 2.30. The minimum absolute atomic E-state index is 0.287. The van der Waals surface area contributed by atoms with E-state index in [1.165, 1.54) is 12.8 Å². The van der Waals surface area contributed by atoms with Gasteiger partial charge >= 0.3 is 0 Å². The first-order valence-electron chi connectivity index (χ1n) is 6.38. The molecule has 0 aliphatic carbocycles. The molecule has 6 heteroatoms. The van der Waals surface area contributed by atoms with E-state index in [0.717, 1.165) is 23.8 Å². The molecule has 0 radical (unpaired) electrons. The van der Waals surface area contributed by atoms with E-state index in [0.29, 0.717) is 11.7 Å². The van der Waals surface area contributed by atoms with Gasteiger partial charge in [0.2, 0.25) is 5.95 Å². The molecule has 2 unspecified atom stereocenters. The van der Waals surface area contributed by atoms with Crippen LogP contribution >= 0.6 is 0 Å². The van der Waals surface area contributed by atoms with Crippen molar-refractivity contribution in [3.63, 3.8) is 0 Å². The fourth-order valence-corrected chi connectivity index (χ4v) is 2.76. The van der Waals surface area contributed by atoms with Crippen molar-refractivity contribution in [1.29, 1.82) is 0 Å². The number of hydrogen-bond donors (Lipinski definition) is 2. The van der Waals surface area contributed by atoms with Crippen LogP contribution in [0.25, 0.3) is 11.2 Å². The molecule has 2 atom stereocenters. The lowest BCUT2D eigenvalue weighted by Gasteiger charge is -2.37. The average molecular weight is 246 g/mol. The van der Waals surface area contributed by atoms with E-state index in [1.807, 2.05) is 0 Å². The zero-order valence-corrected chi connectivity index (χ0v) is 10.7. The molecule has 0 amide bonds. The van der Waals surface area contributed by atoms with Gasteiger partial charge < -0.3 is 15.6 Å². The minimum atomic E-state index is 0.287. The van der Waals surface area contributed by atoms with E-state index in [1.54, 1.807) is 6.33 Å². The number of aromatic nitrogens is 4. The fourth-order valence-electron chi connectivity index (χ4n) is 2.76. The van der Waals surface area contributed by atoms with Crippen molar-refractivity contribution in [2.45, 2.75) is 32.7 Å². The van der Waals surface area contributed by atoms with E-state index in [-0.39, 0.29) is 5.95 Å². The number of aromatic amines is 1. The summed E-state index contributed by atoms with van der Waals surface area (Å²) in [6.07, 6.45) is 4.00. The summed E-state index contributed by atoms with van der Waals surface area (Å²) >= 11 is 0. The Bertz CT molecular complexity index is 563. The number of H-pyrrole nitrogens is 1. The lowest BCUT2D eigenvalue weighted by molar-refractivity contribution is 0.376. The lowest BCUT2D eigenvalue weighted by Crippen LogP contribution is -2.41. The number of nitrogens with one attached hydrogen (secondary N) is 1. The van der Waals surface area contributed by atoms with Gasteiger partial charge in [0, 0.05) is 12.6 Å². The molecule has 2 aromatic heterocycles. The van der Waals surface area contributed by atoms with Crippen molar-refractivity contribution < 1.29 is 0 Å². The van der Waals surface area contributed by atoms with Crippen LogP contribution in [0.1, 0.15) is 26.7 Å². The number of nitrogens with two attached hydrogens (primary N) is 1.